The van der Waals surface area contributed by atoms with Crippen LogP contribution >= 0.6 is 46.6 Å². The summed E-state index contributed by atoms with van der Waals surface area (Å²) < 4.78 is 0. The van der Waals surface area contributed by atoms with E-state index in [1.54, 1.807) is 0 Å². The van der Waals surface area contributed by atoms with Crippen LogP contribution in [0.4, 0.5) is 0 Å². The molecule has 0 spiro atoms. The Kier molecular flexibility index (Phi) is 4.93. The van der Waals surface area contributed by atoms with E-state index in [1.807, 2.05) is 42.5 Å². The first-order valence-electron chi connectivity index (χ1n) is 6.37. The van der Waals surface area contributed by atoms with Crippen molar-refractivity contribution < 1.29 is 0 Å². The van der Waals surface area contributed by atoms with Gasteiger partial charge in [0, 0.05) is 26.4 Å². The Morgan fingerprint density at radius 1 is 0.955 bits per heavy atom. The van der Waals surface area contributed by atoms with Gasteiger partial charge in [0.25, 0.3) is 0 Å². The van der Waals surface area contributed by atoms with Crippen LogP contribution in [0.2, 0.25) is 15.1 Å². The van der Waals surface area contributed by atoms with Crippen molar-refractivity contribution in [2.24, 2.45) is 0 Å². The summed E-state index contributed by atoms with van der Waals surface area (Å²) in [6.07, 6.45) is 0. The average molecular weight is 371 g/mol. The van der Waals surface area contributed by atoms with Crippen LogP contribution in [0.25, 0.3) is 11.4 Å². The van der Waals surface area contributed by atoms with E-state index in [4.69, 9.17) is 34.8 Å². The molecule has 0 aliphatic heterocycles. The molecule has 112 valence electrons. The Morgan fingerprint density at radius 3 is 2.32 bits per heavy atom. The molecule has 0 radical (unpaired) electrons. The lowest BCUT2D eigenvalue weighted by Gasteiger charge is -2.04. The van der Waals surface area contributed by atoms with E-state index in [-0.39, 0.29) is 0 Å². The average Bonchev–Trinajstić information content (AvgIpc) is 2.96. The Labute approximate surface area is 147 Å². The van der Waals surface area contributed by atoms with E-state index >= 15 is 0 Å². The van der Waals surface area contributed by atoms with Gasteiger partial charge in [-0.2, -0.15) is 0 Å². The van der Waals surface area contributed by atoms with E-state index in [9.17, 15) is 0 Å². The molecule has 2 aromatic carbocycles. The van der Waals surface area contributed by atoms with E-state index in [1.165, 1.54) is 11.8 Å². The second-order valence-corrected chi connectivity index (χ2v) is 6.66. The van der Waals surface area contributed by atoms with Crippen LogP contribution in [0.3, 0.4) is 0 Å². The molecule has 22 heavy (non-hydrogen) atoms. The van der Waals surface area contributed by atoms with Gasteiger partial charge in [-0.25, -0.2) is 4.98 Å². The molecule has 3 nitrogen and oxygen atoms in total. The zero-order chi connectivity index (χ0) is 15.5. The molecule has 7 heteroatoms. The van der Waals surface area contributed by atoms with Crippen molar-refractivity contribution in [3.8, 4) is 11.4 Å². The largest absolute Gasteiger partial charge is 0.258 e. The number of benzene rings is 2. The zero-order valence-corrected chi connectivity index (χ0v) is 14.3. The molecule has 0 aliphatic carbocycles. The monoisotopic (exact) mass is 369 g/mol. The topological polar surface area (TPSA) is 41.6 Å². The molecule has 0 aliphatic rings. The third-order valence-corrected chi connectivity index (χ3v) is 4.82. The highest BCUT2D eigenvalue weighted by molar-refractivity contribution is 7.98. The normalized spacial score (nSPS) is 10.9. The first kappa shape index (κ1) is 15.7. The fourth-order valence-electron chi connectivity index (χ4n) is 1.85. The first-order chi connectivity index (χ1) is 10.6. The van der Waals surface area contributed by atoms with Gasteiger partial charge in [-0.1, -0.05) is 52.6 Å². The number of thioether (sulfide) groups is 1. The van der Waals surface area contributed by atoms with Crippen molar-refractivity contribution >= 4 is 46.6 Å². The van der Waals surface area contributed by atoms with Gasteiger partial charge < -0.3 is 0 Å². The molecular weight excluding hydrogens is 361 g/mol. The van der Waals surface area contributed by atoms with Crippen LogP contribution in [0, 0.1) is 0 Å². The van der Waals surface area contributed by atoms with Gasteiger partial charge in [0.15, 0.2) is 5.82 Å². The Morgan fingerprint density at radius 2 is 1.64 bits per heavy atom. The number of H-pyrrole nitrogens is 1. The summed E-state index contributed by atoms with van der Waals surface area (Å²) in [6, 6.07) is 12.9. The molecule has 3 rings (SSSR count). The summed E-state index contributed by atoms with van der Waals surface area (Å²) in [7, 11) is 0. The number of aromatic nitrogens is 3. The van der Waals surface area contributed by atoms with Gasteiger partial charge in [0.05, 0.1) is 0 Å². The number of nitrogens with zero attached hydrogens (tertiary/aromatic N) is 2. The smallest absolute Gasteiger partial charge is 0.209 e. The Hall–Kier alpha value is -1.20. The highest BCUT2D eigenvalue weighted by Crippen LogP contribution is 2.30. The van der Waals surface area contributed by atoms with Crippen molar-refractivity contribution in [3.05, 3.63) is 63.1 Å². The predicted octanol–water partition coefficient (Wildman–Crippen LogP) is 5.72. The minimum Gasteiger partial charge on any atom is -0.258 e. The molecule has 1 aromatic heterocycles. The number of hydrogen-bond acceptors (Lipinski definition) is 3. The number of nitrogens with one attached hydrogen (secondary N) is 1. The van der Waals surface area contributed by atoms with Crippen LogP contribution in [-0.4, -0.2) is 15.2 Å². The first-order valence-corrected chi connectivity index (χ1v) is 8.49. The van der Waals surface area contributed by atoms with E-state index in [0.717, 1.165) is 11.1 Å². The summed E-state index contributed by atoms with van der Waals surface area (Å²) in [6.45, 7) is 0. The SMILES string of the molecule is Clc1ccc(-c2nc(SCc3c(Cl)cccc3Cl)n[nH]2)cc1. The number of rotatable bonds is 4. The minimum atomic E-state index is 0.608. The molecule has 0 saturated carbocycles. The lowest BCUT2D eigenvalue weighted by Crippen LogP contribution is -1.85. The second-order valence-electron chi connectivity index (χ2n) is 4.46. The van der Waals surface area contributed by atoms with Crippen molar-refractivity contribution in [2.45, 2.75) is 10.9 Å². The molecule has 0 atom stereocenters. The molecule has 0 fully saturated rings. The minimum absolute atomic E-state index is 0.608. The molecule has 0 saturated heterocycles. The fourth-order valence-corrected chi connectivity index (χ4v) is 3.52. The molecule has 3 aromatic rings. The molecule has 0 amide bonds. The van der Waals surface area contributed by atoms with E-state index in [2.05, 4.69) is 15.2 Å². The standard InChI is InChI=1S/C15H10Cl3N3S/c16-10-6-4-9(5-7-10)14-19-15(21-20-14)22-8-11-12(17)2-1-3-13(11)18/h1-7H,8H2,(H,19,20,21). The summed E-state index contributed by atoms with van der Waals surface area (Å²) in [4.78, 5) is 4.45. The van der Waals surface area contributed by atoms with Crippen LogP contribution in [0.5, 0.6) is 0 Å². The summed E-state index contributed by atoms with van der Waals surface area (Å²) >= 11 is 19.7. The third-order valence-electron chi connectivity index (χ3n) is 2.99. The van der Waals surface area contributed by atoms with Crippen molar-refractivity contribution in [1.29, 1.82) is 0 Å². The van der Waals surface area contributed by atoms with E-state index in [0.29, 0.717) is 31.8 Å². The summed E-state index contributed by atoms with van der Waals surface area (Å²) in [5.41, 5.74) is 1.81. The van der Waals surface area contributed by atoms with Gasteiger partial charge in [0.1, 0.15) is 0 Å². The molecule has 0 unspecified atom stereocenters. The number of hydrogen-bond donors (Lipinski definition) is 1. The van der Waals surface area contributed by atoms with Crippen LogP contribution in [0.1, 0.15) is 5.56 Å². The Balaban J connectivity index is 1.73. The highest BCUT2D eigenvalue weighted by Gasteiger charge is 2.10. The maximum Gasteiger partial charge on any atom is 0.209 e. The summed E-state index contributed by atoms with van der Waals surface area (Å²) in [5, 5.41) is 9.73. The maximum absolute atomic E-state index is 6.15. The maximum atomic E-state index is 6.15. The molecule has 1 heterocycles. The quantitative estimate of drug-likeness (QED) is 0.597. The fraction of sp³-hybridized carbons (Fsp3) is 0.0667. The lowest BCUT2D eigenvalue weighted by atomic mass is 10.2. The van der Waals surface area contributed by atoms with Gasteiger partial charge in [0.2, 0.25) is 5.16 Å². The van der Waals surface area contributed by atoms with Crippen LogP contribution in [0.15, 0.2) is 47.6 Å². The number of aromatic amines is 1. The molecule has 0 bridgehead atoms. The third kappa shape index (κ3) is 3.58. The Bertz CT molecular complexity index is 767. The predicted molar refractivity (Wildman–Crippen MR) is 92.9 cm³/mol. The van der Waals surface area contributed by atoms with Gasteiger partial charge >= 0.3 is 0 Å². The zero-order valence-electron chi connectivity index (χ0n) is 11.2. The van der Waals surface area contributed by atoms with Crippen LogP contribution in [-0.2, 0) is 5.75 Å². The summed E-state index contributed by atoms with van der Waals surface area (Å²) in [5.74, 6) is 1.31. The second kappa shape index (κ2) is 6.92. The van der Waals surface area contributed by atoms with Crippen LogP contribution < -0.4 is 0 Å². The highest BCUT2D eigenvalue weighted by atomic mass is 35.5. The van der Waals surface area contributed by atoms with Crippen molar-refractivity contribution in [1.82, 2.24) is 15.2 Å². The van der Waals surface area contributed by atoms with Gasteiger partial charge in [-0.3, -0.25) is 5.10 Å². The lowest BCUT2D eigenvalue weighted by molar-refractivity contribution is 0.973. The molecular formula is C15H10Cl3N3S. The van der Waals surface area contributed by atoms with E-state index < -0.39 is 0 Å². The molecule has 1 N–H and O–H groups in total. The van der Waals surface area contributed by atoms with Crippen molar-refractivity contribution in [2.75, 3.05) is 0 Å². The van der Waals surface area contributed by atoms with Gasteiger partial charge in [-0.15, -0.1) is 5.10 Å². The van der Waals surface area contributed by atoms with Gasteiger partial charge in [-0.05, 0) is 42.0 Å². The van der Waals surface area contributed by atoms with Crippen molar-refractivity contribution in [3.63, 3.8) is 0 Å². The number of halogens is 3.